The highest BCUT2D eigenvalue weighted by Gasteiger charge is 2.37. The molecule has 0 unspecified atom stereocenters. The summed E-state index contributed by atoms with van der Waals surface area (Å²) >= 11 is 9.55. The number of nitrogens with one attached hydrogen (secondary N) is 1. The molecule has 0 radical (unpaired) electrons. The molecule has 0 aromatic heterocycles. The van der Waals surface area contributed by atoms with E-state index in [1.165, 1.54) is 6.08 Å². The summed E-state index contributed by atoms with van der Waals surface area (Å²) in [5.74, 6) is -0.948. The highest BCUT2D eigenvalue weighted by molar-refractivity contribution is 9.10. The summed E-state index contributed by atoms with van der Waals surface area (Å²) in [6.45, 7) is 4.27. The maximum absolute atomic E-state index is 13.2. The van der Waals surface area contributed by atoms with Gasteiger partial charge in [-0.25, -0.2) is 9.69 Å². The van der Waals surface area contributed by atoms with Crippen molar-refractivity contribution in [2.45, 2.75) is 26.7 Å². The highest BCUT2D eigenvalue weighted by Crippen LogP contribution is 2.31. The lowest BCUT2D eigenvalue weighted by molar-refractivity contribution is -0.122. The molecule has 0 saturated carbocycles. The molecule has 0 aliphatic carbocycles. The molecule has 6 nitrogen and oxygen atoms in total. The number of hydrogen-bond donors (Lipinski definition) is 1. The number of hydrogen-bond acceptors (Lipinski definition) is 4. The van der Waals surface area contributed by atoms with Crippen molar-refractivity contribution in [3.63, 3.8) is 0 Å². The number of urea groups is 1. The third-order valence-corrected chi connectivity index (χ3v) is 5.51. The number of benzene rings is 2. The first-order valence-electron chi connectivity index (χ1n) is 9.42. The van der Waals surface area contributed by atoms with Crippen LogP contribution in [0, 0.1) is 6.92 Å². The van der Waals surface area contributed by atoms with E-state index in [0.717, 1.165) is 22.2 Å². The highest BCUT2D eigenvalue weighted by atomic mass is 79.9. The second kappa shape index (κ2) is 9.45. The molecule has 2 aromatic rings. The quantitative estimate of drug-likeness (QED) is 0.340. The van der Waals surface area contributed by atoms with E-state index in [4.69, 9.17) is 16.3 Å². The van der Waals surface area contributed by atoms with Crippen LogP contribution in [0.25, 0.3) is 6.08 Å². The molecule has 1 saturated heterocycles. The summed E-state index contributed by atoms with van der Waals surface area (Å²) in [5, 5.41) is 2.64. The molecule has 1 aliphatic rings. The van der Waals surface area contributed by atoms with Crippen molar-refractivity contribution in [1.29, 1.82) is 0 Å². The van der Waals surface area contributed by atoms with Gasteiger partial charge in [0.2, 0.25) is 0 Å². The van der Waals surface area contributed by atoms with Gasteiger partial charge in [-0.3, -0.25) is 14.9 Å². The zero-order valence-electron chi connectivity index (χ0n) is 16.5. The molecule has 8 heteroatoms. The average Bonchev–Trinajstić information content (AvgIpc) is 2.70. The minimum Gasteiger partial charge on any atom is -0.493 e. The van der Waals surface area contributed by atoms with E-state index in [-0.39, 0.29) is 5.57 Å². The van der Waals surface area contributed by atoms with E-state index in [0.29, 0.717) is 34.2 Å². The van der Waals surface area contributed by atoms with Crippen molar-refractivity contribution in [1.82, 2.24) is 5.32 Å². The molecule has 1 N–H and O–H groups in total. The summed E-state index contributed by atoms with van der Waals surface area (Å²) in [6, 6.07) is 9.42. The number of amides is 4. The average molecular weight is 492 g/mol. The van der Waals surface area contributed by atoms with Crippen LogP contribution in [-0.4, -0.2) is 24.5 Å². The van der Waals surface area contributed by atoms with Gasteiger partial charge < -0.3 is 4.74 Å². The van der Waals surface area contributed by atoms with Gasteiger partial charge in [-0.05, 0) is 55.3 Å². The van der Waals surface area contributed by atoms with Crippen molar-refractivity contribution in [2.24, 2.45) is 0 Å². The van der Waals surface area contributed by atoms with Gasteiger partial charge in [0.1, 0.15) is 11.3 Å². The Bertz CT molecular complexity index is 1050. The molecule has 156 valence electrons. The number of halogens is 2. The van der Waals surface area contributed by atoms with E-state index in [9.17, 15) is 14.4 Å². The van der Waals surface area contributed by atoms with Crippen molar-refractivity contribution < 1.29 is 19.1 Å². The van der Waals surface area contributed by atoms with Gasteiger partial charge in [-0.15, -0.1) is 0 Å². The predicted molar refractivity (Wildman–Crippen MR) is 120 cm³/mol. The van der Waals surface area contributed by atoms with E-state index in [2.05, 4.69) is 28.2 Å². The molecular formula is C22H20BrClN2O4. The number of imide groups is 2. The molecule has 1 fully saturated rings. The Balaban J connectivity index is 2.03. The number of ether oxygens (including phenoxy) is 1. The molecule has 1 heterocycles. The number of carbonyl (C=O) groups is 3. The summed E-state index contributed by atoms with van der Waals surface area (Å²) in [7, 11) is 0. The van der Waals surface area contributed by atoms with Crippen molar-refractivity contribution >= 4 is 57.1 Å². The van der Waals surface area contributed by atoms with Gasteiger partial charge in [0.05, 0.1) is 12.3 Å². The third kappa shape index (κ3) is 4.57. The SMILES string of the molecule is CCCCOc1ccc(Br)cc1/C=C1/C(=O)NC(=O)N(c2cccc(Cl)c2C)C1=O. The van der Waals surface area contributed by atoms with Crippen LogP contribution < -0.4 is 15.0 Å². The molecule has 2 aromatic carbocycles. The van der Waals surface area contributed by atoms with Gasteiger partial charge in [0, 0.05) is 15.1 Å². The Hall–Kier alpha value is -2.64. The molecule has 0 spiro atoms. The number of barbiturate groups is 1. The lowest BCUT2D eigenvalue weighted by Gasteiger charge is -2.27. The van der Waals surface area contributed by atoms with E-state index < -0.39 is 17.8 Å². The first-order chi connectivity index (χ1) is 14.3. The zero-order valence-corrected chi connectivity index (χ0v) is 18.8. The number of unbranched alkanes of at least 4 members (excludes halogenated alkanes) is 1. The molecule has 0 atom stereocenters. The first-order valence-corrected chi connectivity index (χ1v) is 10.6. The fourth-order valence-corrected chi connectivity index (χ4v) is 3.51. The summed E-state index contributed by atoms with van der Waals surface area (Å²) in [4.78, 5) is 39.0. The second-order valence-corrected chi connectivity index (χ2v) is 8.05. The van der Waals surface area contributed by atoms with Gasteiger partial charge in [0.15, 0.2) is 0 Å². The van der Waals surface area contributed by atoms with Crippen LogP contribution in [0.2, 0.25) is 5.02 Å². The van der Waals surface area contributed by atoms with Crippen molar-refractivity contribution in [2.75, 3.05) is 11.5 Å². The van der Waals surface area contributed by atoms with Gasteiger partial charge in [-0.1, -0.05) is 46.9 Å². The smallest absolute Gasteiger partial charge is 0.335 e. The lowest BCUT2D eigenvalue weighted by Crippen LogP contribution is -2.54. The molecule has 1 aliphatic heterocycles. The topological polar surface area (TPSA) is 75.7 Å². The first kappa shape index (κ1) is 22.1. The Labute approximate surface area is 188 Å². The number of nitrogens with zero attached hydrogens (tertiary/aromatic N) is 1. The molecule has 3 rings (SSSR count). The second-order valence-electron chi connectivity index (χ2n) is 6.73. The van der Waals surface area contributed by atoms with Crippen LogP contribution in [0.3, 0.4) is 0 Å². The maximum Gasteiger partial charge on any atom is 0.335 e. The Morgan fingerprint density at radius 2 is 1.97 bits per heavy atom. The van der Waals surface area contributed by atoms with Crippen LogP contribution in [0.1, 0.15) is 30.9 Å². The van der Waals surface area contributed by atoms with E-state index in [1.54, 1.807) is 37.3 Å². The molecular weight excluding hydrogens is 472 g/mol. The standard InChI is InChI=1S/C22H20BrClN2O4/c1-3-4-10-30-19-9-8-15(23)11-14(19)12-16-20(27)25-22(29)26(21(16)28)18-7-5-6-17(24)13(18)2/h5-9,11-12H,3-4,10H2,1-2H3,(H,25,27,29)/b16-12-. The molecule has 30 heavy (non-hydrogen) atoms. The van der Waals surface area contributed by atoms with Crippen LogP contribution in [0.4, 0.5) is 10.5 Å². The Morgan fingerprint density at radius 1 is 1.20 bits per heavy atom. The van der Waals surface area contributed by atoms with Crippen molar-refractivity contribution in [3.8, 4) is 5.75 Å². The summed E-state index contributed by atoms with van der Waals surface area (Å²) in [5.41, 5.74) is 1.25. The minimum absolute atomic E-state index is 0.174. The largest absolute Gasteiger partial charge is 0.493 e. The monoisotopic (exact) mass is 490 g/mol. The molecule has 4 amide bonds. The number of rotatable bonds is 6. The fourth-order valence-electron chi connectivity index (χ4n) is 2.96. The minimum atomic E-state index is -0.818. The number of anilines is 1. The third-order valence-electron chi connectivity index (χ3n) is 4.61. The number of carbonyl (C=O) groups excluding carboxylic acids is 3. The van der Waals surface area contributed by atoms with Crippen LogP contribution in [0.15, 0.2) is 46.4 Å². The normalized spacial score (nSPS) is 15.5. The molecule has 0 bridgehead atoms. The summed E-state index contributed by atoms with van der Waals surface area (Å²) < 4.78 is 6.57. The Kier molecular flexibility index (Phi) is 6.95. The van der Waals surface area contributed by atoms with Gasteiger partial charge in [0.25, 0.3) is 11.8 Å². The van der Waals surface area contributed by atoms with Crippen LogP contribution in [0.5, 0.6) is 5.75 Å². The zero-order chi connectivity index (χ0) is 21.8. The lowest BCUT2D eigenvalue weighted by atomic mass is 10.0. The van der Waals surface area contributed by atoms with Crippen molar-refractivity contribution in [3.05, 3.63) is 62.6 Å². The van der Waals surface area contributed by atoms with Crippen LogP contribution >= 0.6 is 27.5 Å². The van der Waals surface area contributed by atoms with Gasteiger partial charge in [-0.2, -0.15) is 0 Å². The maximum atomic E-state index is 13.2. The predicted octanol–water partition coefficient (Wildman–Crippen LogP) is 5.26. The van der Waals surface area contributed by atoms with E-state index >= 15 is 0 Å². The van der Waals surface area contributed by atoms with Gasteiger partial charge >= 0.3 is 6.03 Å². The van der Waals surface area contributed by atoms with E-state index in [1.807, 2.05) is 6.07 Å². The fraction of sp³-hybridized carbons (Fsp3) is 0.227. The summed E-state index contributed by atoms with van der Waals surface area (Å²) in [6.07, 6.45) is 3.29. The van der Waals surface area contributed by atoms with Crippen LogP contribution in [-0.2, 0) is 9.59 Å². The Morgan fingerprint density at radius 3 is 2.70 bits per heavy atom.